The van der Waals surface area contributed by atoms with Crippen LogP contribution in [0.5, 0.6) is 5.75 Å². The Hall–Kier alpha value is -2.87. The number of halogens is 3. The Labute approximate surface area is 166 Å². The maximum atomic E-state index is 12.9. The molecule has 0 radical (unpaired) electrons. The van der Waals surface area contributed by atoms with E-state index in [2.05, 4.69) is 15.0 Å². The third kappa shape index (κ3) is 4.27. The van der Waals surface area contributed by atoms with Crippen molar-refractivity contribution in [1.82, 2.24) is 15.0 Å². The molecule has 2 aromatic carbocycles. The lowest BCUT2D eigenvalue weighted by atomic mass is 10.1. The topological polar surface area (TPSA) is 51.4 Å². The molecular weight excluding hydrogens is 383 g/mol. The number of likely N-dealkylation sites (tertiary alicyclic amines) is 1. The normalized spacial score (nSPS) is 17.6. The number of hydrogen-bond donors (Lipinski definition) is 0. The summed E-state index contributed by atoms with van der Waals surface area (Å²) < 4.78 is 49.6. The molecule has 5 nitrogen and oxygen atoms in total. The molecule has 152 valence electrons. The largest absolute Gasteiger partial charge is 0.496 e. The van der Waals surface area contributed by atoms with Gasteiger partial charge in [-0.2, -0.15) is 18.2 Å². The van der Waals surface area contributed by atoms with E-state index in [4.69, 9.17) is 9.26 Å². The first-order chi connectivity index (χ1) is 13.9. The number of benzene rings is 2. The average molecular weight is 403 g/mol. The third-order valence-corrected chi connectivity index (χ3v) is 5.10. The number of hydrogen-bond acceptors (Lipinski definition) is 5. The fourth-order valence-electron chi connectivity index (χ4n) is 3.61. The SMILES string of the molecule is COc1ccccc1CN1CCC(c2nc(-c3cccc(C(F)(F)F)c3)no2)C1. The number of ether oxygens (including phenoxy) is 1. The molecule has 3 aromatic rings. The fourth-order valence-corrected chi connectivity index (χ4v) is 3.61. The first-order valence-corrected chi connectivity index (χ1v) is 9.29. The van der Waals surface area contributed by atoms with E-state index < -0.39 is 11.7 Å². The first-order valence-electron chi connectivity index (χ1n) is 9.29. The van der Waals surface area contributed by atoms with Crippen molar-refractivity contribution in [3.63, 3.8) is 0 Å². The monoisotopic (exact) mass is 403 g/mol. The van der Waals surface area contributed by atoms with Crippen LogP contribution in [0.2, 0.25) is 0 Å². The number of aromatic nitrogens is 2. The highest BCUT2D eigenvalue weighted by atomic mass is 19.4. The highest BCUT2D eigenvalue weighted by Crippen LogP contribution is 2.33. The summed E-state index contributed by atoms with van der Waals surface area (Å²) in [5.74, 6) is 1.53. The molecule has 4 rings (SSSR count). The summed E-state index contributed by atoms with van der Waals surface area (Å²) in [6.45, 7) is 2.35. The van der Waals surface area contributed by atoms with Crippen molar-refractivity contribution >= 4 is 0 Å². The maximum absolute atomic E-state index is 12.9. The van der Waals surface area contributed by atoms with Gasteiger partial charge in [-0.3, -0.25) is 4.90 Å². The van der Waals surface area contributed by atoms with Gasteiger partial charge in [-0.15, -0.1) is 0 Å². The van der Waals surface area contributed by atoms with Crippen molar-refractivity contribution in [2.75, 3.05) is 20.2 Å². The van der Waals surface area contributed by atoms with Crippen LogP contribution in [-0.4, -0.2) is 35.2 Å². The van der Waals surface area contributed by atoms with Crippen LogP contribution in [0.4, 0.5) is 13.2 Å². The summed E-state index contributed by atoms with van der Waals surface area (Å²) >= 11 is 0. The van der Waals surface area contributed by atoms with Gasteiger partial charge in [0.05, 0.1) is 18.6 Å². The number of rotatable bonds is 5. The molecule has 1 fully saturated rings. The number of alkyl halides is 3. The van der Waals surface area contributed by atoms with E-state index in [1.54, 1.807) is 13.2 Å². The number of nitrogens with zero attached hydrogens (tertiary/aromatic N) is 3. The Morgan fingerprint density at radius 1 is 1.17 bits per heavy atom. The molecule has 1 unspecified atom stereocenters. The smallest absolute Gasteiger partial charge is 0.416 e. The van der Waals surface area contributed by atoms with E-state index in [-0.39, 0.29) is 11.7 Å². The number of para-hydroxylation sites is 1. The zero-order chi connectivity index (χ0) is 20.4. The minimum absolute atomic E-state index is 0.0526. The number of methoxy groups -OCH3 is 1. The van der Waals surface area contributed by atoms with Crippen LogP contribution in [0.15, 0.2) is 53.1 Å². The molecule has 1 aliphatic rings. The molecule has 1 aliphatic heterocycles. The molecule has 2 heterocycles. The summed E-state index contributed by atoms with van der Waals surface area (Å²) in [7, 11) is 1.65. The molecule has 1 aromatic heterocycles. The summed E-state index contributed by atoms with van der Waals surface area (Å²) in [5.41, 5.74) is 0.662. The van der Waals surface area contributed by atoms with Crippen LogP contribution < -0.4 is 4.74 Å². The second kappa shape index (κ2) is 7.87. The van der Waals surface area contributed by atoms with Crippen molar-refractivity contribution in [2.45, 2.75) is 25.1 Å². The maximum Gasteiger partial charge on any atom is 0.416 e. The molecule has 0 amide bonds. The van der Waals surface area contributed by atoms with Crippen molar-refractivity contribution < 1.29 is 22.4 Å². The molecule has 0 N–H and O–H groups in total. The van der Waals surface area contributed by atoms with E-state index in [0.717, 1.165) is 49.5 Å². The molecule has 1 atom stereocenters. The van der Waals surface area contributed by atoms with Crippen LogP contribution in [-0.2, 0) is 12.7 Å². The van der Waals surface area contributed by atoms with Crippen molar-refractivity contribution in [2.24, 2.45) is 0 Å². The Morgan fingerprint density at radius 2 is 2.00 bits per heavy atom. The molecule has 0 spiro atoms. The van der Waals surface area contributed by atoms with Gasteiger partial charge in [0.15, 0.2) is 0 Å². The second-order valence-corrected chi connectivity index (χ2v) is 7.07. The molecule has 0 aliphatic carbocycles. The Bertz CT molecular complexity index is 987. The lowest BCUT2D eigenvalue weighted by Crippen LogP contribution is -2.20. The van der Waals surface area contributed by atoms with Crippen LogP contribution >= 0.6 is 0 Å². The summed E-state index contributed by atoms with van der Waals surface area (Å²) in [6.07, 6.45) is -3.56. The van der Waals surface area contributed by atoms with Crippen LogP contribution in [0.25, 0.3) is 11.4 Å². The predicted molar refractivity (Wildman–Crippen MR) is 100 cm³/mol. The molecule has 29 heavy (non-hydrogen) atoms. The minimum Gasteiger partial charge on any atom is -0.496 e. The van der Waals surface area contributed by atoms with Crippen molar-refractivity contribution in [3.8, 4) is 17.1 Å². The van der Waals surface area contributed by atoms with Gasteiger partial charge in [-0.1, -0.05) is 35.5 Å². The zero-order valence-electron chi connectivity index (χ0n) is 15.8. The molecule has 8 heteroatoms. The van der Waals surface area contributed by atoms with Crippen LogP contribution in [0.3, 0.4) is 0 Å². The van der Waals surface area contributed by atoms with Crippen molar-refractivity contribution in [3.05, 3.63) is 65.5 Å². The second-order valence-electron chi connectivity index (χ2n) is 7.07. The molecule has 1 saturated heterocycles. The highest BCUT2D eigenvalue weighted by Gasteiger charge is 2.32. The lowest BCUT2D eigenvalue weighted by Gasteiger charge is -2.17. The lowest BCUT2D eigenvalue weighted by molar-refractivity contribution is -0.137. The Kier molecular flexibility index (Phi) is 5.27. The minimum atomic E-state index is -4.41. The van der Waals surface area contributed by atoms with Gasteiger partial charge in [-0.25, -0.2) is 0 Å². The van der Waals surface area contributed by atoms with Gasteiger partial charge in [0.1, 0.15) is 5.75 Å². The van der Waals surface area contributed by atoms with E-state index in [0.29, 0.717) is 11.5 Å². The zero-order valence-corrected chi connectivity index (χ0v) is 15.8. The summed E-state index contributed by atoms with van der Waals surface area (Å²) in [6, 6.07) is 12.8. The van der Waals surface area contributed by atoms with Gasteiger partial charge in [-0.05, 0) is 31.2 Å². The predicted octanol–water partition coefficient (Wildman–Crippen LogP) is 4.75. The van der Waals surface area contributed by atoms with Crippen LogP contribution in [0.1, 0.15) is 29.4 Å². The third-order valence-electron chi connectivity index (χ3n) is 5.10. The highest BCUT2D eigenvalue weighted by molar-refractivity contribution is 5.55. The van der Waals surface area contributed by atoms with Gasteiger partial charge < -0.3 is 9.26 Å². The van der Waals surface area contributed by atoms with E-state index >= 15 is 0 Å². The van der Waals surface area contributed by atoms with Crippen LogP contribution in [0, 0.1) is 0 Å². The van der Waals surface area contributed by atoms with Gasteiger partial charge >= 0.3 is 6.18 Å². The quantitative estimate of drug-likeness (QED) is 0.615. The summed E-state index contributed by atoms with van der Waals surface area (Å²) in [5, 5.41) is 3.90. The molecule has 0 saturated carbocycles. The molecule has 0 bridgehead atoms. The Morgan fingerprint density at radius 3 is 2.79 bits per heavy atom. The molecular formula is C21H20F3N3O2. The van der Waals surface area contributed by atoms with Gasteiger partial charge in [0.2, 0.25) is 11.7 Å². The Balaban J connectivity index is 1.46. The van der Waals surface area contributed by atoms with E-state index in [1.807, 2.05) is 24.3 Å². The first kappa shape index (κ1) is 19.4. The summed E-state index contributed by atoms with van der Waals surface area (Å²) in [4.78, 5) is 6.64. The van der Waals surface area contributed by atoms with Crippen molar-refractivity contribution in [1.29, 1.82) is 0 Å². The average Bonchev–Trinajstić information content (AvgIpc) is 3.37. The van der Waals surface area contributed by atoms with Gasteiger partial charge in [0, 0.05) is 24.2 Å². The van der Waals surface area contributed by atoms with E-state index in [1.165, 1.54) is 6.07 Å². The standard InChI is InChI=1S/C21H20F3N3O2/c1-28-18-8-3-2-5-15(18)12-27-10-9-16(13-27)20-25-19(26-29-20)14-6-4-7-17(11-14)21(22,23)24/h2-8,11,16H,9-10,12-13H2,1H3. The van der Waals surface area contributed by atoms with E-state index in [9.17, 15) is 13.2 Å². The van der Waals surface area contributed by atoms with Gasteiger partial charge in [0.25, 0.3) is 0 Å². The fraction of sp³-hybridized carbons (Fsp3) is 0.333.